The van der Waals surface area contributed by atoms with Gasteiger partial charge in [0.05, 0.1) is 15.9 Å². The average Bonchev–Trinajstić information content (AvgIpc) is 2.75. The van der Waals surface area contributed by atoms with Crippen LogP contribution in [0.2, 0.25) is 0 Å². The zero-order valence-electron chi connectivity index (χ0n) is 18.9. The quantitative estimate of drug-likeness (QED) is 0.292. The summed E-state index contributed by atoms with van der Waals surface area (Å²) in [6.45, 7) is 7.27. The van der Waals surface area contributed by atoms with Crippen LogP contribution in [0.15, 0.2) is 82.6 Å². The molecule has 3 rings (SSSR count). The highest BCUT2D eigenvalue weighted by molar-refractivity contribution is 7.99. The monoisotopic (exact) mass is 466 g/mol. The Kier molecular flexibility index (Phi) is 7.60. The first-order valence-corrected chi connectivity index (χ1v) is 11.2. The molecule has 0 aliphatic rings. The summed E-state index contributed by atoms with van der Waals surface area (Å²) >= 11 is 1.26. The van der Waals surface area contributed by atoms with Gasteiger partial charge in [-0.3, -0.25) is 15.4 Å². The number of nitrogens with zero attached hydrogens (tertiary/aromatic N) is 1. The SMILES string of the molecule is CC(Oc1ccc(Sc2ccc(NC(=O)OC(C)(C)C)cc2)c([N+](=O)[O-])c1)c1ccccc1. The van der Waals surface area contributed by atoms with Crippen molar-refractivity contribution in [1.82, 2.24) is 0 Å². The molecule has 0 fully saturated rings. The minimum absolute atomic E-state index is 0.0336. The van der Waals surface area contributed by atoms with E-state index >= 15 is 0 Å². The molecule has 0 spiro atoms. The largest absolute Gasteiger partial charge is 0.486 e. The maximum atomic E-state index is 11.9. The van der Waals surface area contributed by atoms with Gasteiger partial charge in [-0.1, -0.05) is 42.1 Å². The van der Waals surface area contributed by atoms with Gasteiger partial charge >= 0.3 is 6.09 Å². The fourth-order valence-corrected chi connectivity index (χ4v) is 3.85. The maximum absolute atomic E-state index is 11.9. The number of rotatable bonds is 7. The summed E-state index contributed by atoms with van der Waals surface area (Å²) < 4.78 is 11.2. The minimum atomic E-state index is -0.590. The molecule has 0 aromatic heterocycles. The number of nitro benzene ring substituents is 1. The van der Waals surface area contributed by atoms with Crippen molar-refractivity contribution < 1.29 is 19.2 Å². The molecule has 3 aromatic rings. The normalized spacial score (nSPS) is 12.0. The predicted octanol–water partition coefficient (Wildman–Crippen LogP) is 7.23. The van der Waals surface area contributed by atoms with Crippen molar-refractivity contribution >= 4 is 29.2 Å². The van der Waals surface area contributed by atoms with Crippen LogP contribution >= 0.6 is 11.8 Å². The maximum Gasteiger partial charge on any atom is 0.412 e. The third-order valence-electron chi connectivity index (χ3n) is 4.44. The van der Waals surface area contributed by atoms with Crippen LogP contribution in [-0.2, 0) is 4.74 Å². The highest BCUT2D eigenvalue weighted by Gasteiger charge is 2.19. The molecule has 0 saturated heterocycles. The average molecular weight is 467 g/mol. The van der Waals surface area contributed by atoms with Crippen molar-refractivity contribution in [3.05, 3.63) is 88.5 Å². The van der Waals surface area contributed by atoms with Gasteiger partial charge in [-0.2, -0.15) is 0 Å². The molecule has 8 heteroatoms. The van der Waals surface area contributed by atoms with Crippen molar-refractivity contribution in [2.45, 2.75) is 49.2 Å². The first-order chi connectivity index (χ1) is 15.6. The van der Waals surface area contributed by atoms with Crippen molar-refractivity contribution in [2.75, 3.05) is 5.32 Å². The summed E-state index contributed by atoms with van der Waals surface area (Å²) in [5, 5.41) is 14.3. The Balaban J connectivity index is 1.70. The second-order valence-electron chi connectivity index (χ2n) is 8.31. The number of nitrogens with one attached hydrogen (secondary N) is 1. The number of benzene rings is 3. The molecule has 3 aromatic carbocycles. The third-order valence-corrected chi connectivity index (χ3v) is 5.51. The Morgan fingerprint density at radius 2 is 1.70 bits per heavy atom. The van der Waals surface area contributed by atoms with Crippen LogP contribution < -0.4 is 10.1 Å². The molecule has 33 heavy (non-hydrogen) atoms. The topological polar surface area (TPSA) is 90.7 Å². The number of carbonyl (C=O) groups excluding carboxylic acids is 1. The fraction of sp³-hybridized carbons (Fsp3) is 0.240. The van der Waals surface area contributed by atoms with E-state index in [4.69, 9.17) is 9.47 Å². The van der Waals surface area contributed by atoms with Crippen molar-refractivity contribution in [2.24, 2.45) is 0 Å². The smallest absolute Gasteiger partial charge is 0.412 e. The van der Waals surface area contributed by atoms with Crippen LogP contribution in [0.25, 0.3) is 0 Å². The van der Waals surface area contributed by atoms with E-state index in [0.29, 0.717) is 16.3 Å². The van der Waals surface area contributed by atoms with E-state index in [1.54, 1.807) is 57.2 Å². The Hall–Kier alpha value is -3.52. The van der Waals surface area contributed by atoms with E-state index in [2.05, 4.69) is 5.32 Å². The van der Waals surface area contributed by atoms with Gasteiger partial charge in [-0.25, -0.2) is 4.79 Å². The molecular weight excluding hydrogens is 440 g/mol. The molecular formula is C25H26N2O5S. The number of hydrogen-bond acceptors (Lipinski definition) is 6. The van der Waals surface area contributed by atoms with E-state index < -0.39 is 16.6 Å². The second-order valence-corrected chi connectivity index (χ2v) is 9.43. The van der Waals surface area contributed by atoms with Gasteiger partial charge in [0.2, 0.25) is 0 Å². The molecule has 172 valence electrons. The van der Waals surface area contributed by atoms with E-state index in [-0.39, 0.29) is 11.8 Å². The number of nitro groups is 1. The molecule has 0 heterocycles. The fourth-order valence-electron chi connectivity index (χ4n) is 2.95. The number of carbonyl (C=O) groups is 1. The summed E-state index contributed by atoms with van der Waals surface area (Å²) in [6, 6.07) is 21.5. The number of amides is 1. The Labute approximate surface area is 197 Å². The van der Waals surface area contributed by atoms with E-state index in [1.807, 2.05) is 37.3 Å². The van der Waals surface area contributed by atoms with E-state index in [1.165, 1.54) is 17.8 Å². The van der Waals surface area contributed by atoms with Crippen molar-refractivity contribution in [1.29, 1.82) is 0 Å². The lowest BCUT2D eigenvalue weighted by molar-refractivity contribution is -0.387. The lowest BCUT2D eigenvalue weighted by atomic mass is 10.1. The van der Waals surface area contributed by atoms with Crippen molar-refractivity contribution in [3.8, 4) is 5.75 Å². The Morgan fingerprint density at radius 3 is 2.30 bits per heavy atom. The predicted molar refractivity (Wildman–Crippen MR) is 129 cm³/mol. The zero-order chi connectivity index (χ0) is 24.0. The molecule has 0 saturated carbocycles. The molecule has 1 N–H and O–H groups in total. The minimum Gasteiger partial charge on any atom is -0.486 e. The van der Waals surface area contributed by atoms with E-state index in [0.717, 1.165) is 10.5 Å². The molecule has 1 amide bonds. The molecule has 0 bridgehead atoms. The molecule has 0 radical (unpaired) electrons. The standard InChI is InChI=1S/C25H26N2O5S/c1-17(18-8-6-5-7-9-18)31-20-12-15-23(22(16-20)27(29)30)33-21-13-10-19(11-14-21)26-24(28)32-25(2,3)4/h5-17H,1-4H3,(H,26,28). The van der Waals surface area contributed by atoms with Crippen LogP contribution in [0.5, 0.6) is 5.75 Å². The van der Waals surface area contributed by atoms with Crippen LogP contribution in [0.3, 0.4) is 0 Å². The zero-order valence-corrected chi connectivity index (χ0v) is 19.7. The number of anilines is 1. The summed E-state index contributed by atoms with van der Waals surface area (Å²) in [5.74, 6) is 0.430. The van der Waals surface area contributed by atoms with Crippen LogP contribution in [0.1, 0.15) is 39.4 Å². The van der Waals surface area contributed by atoms with Gasteiger partial charge in [0, 0.05) is 10.6 Å². The summed E-state index contributed by atoms with van der Waals surface area (Å²) in [4.78, 5) is 24.4. The lowest BCUT2D eigenvalue weighted by Gasteiger charge is -2.19. The summed E-state index contributed by atoms with van der Waals surface area (Å²) in [7, 11) is 0. The van der Waals surface area contributed by atoms with Crippen LogP contribution in [0, 0.1) is 10.1 Å². The summed E-state index contributed by atoms with van der Waals surface area (Å²) in [6.07, 6.45) is -0.784. The molecule has 0 aliphatic heterocycles. The van der Waals surface area contributed by atoms with Gasteiger partial charge in [0.25, 0.3) is 5.69 Å². The molecule has 1 unspecified atom stereocenters. The van der Waals surface area contributed by atoms with Gasteiger partial charge in [-0.15, -0.1) is 0 Å². The highest BCUT2D eigenvalue weighted by atomic mass is 32.2. The molecule has 0 aliphatic carbocycles. The van der Waals surface area contributed by atoms with Gasteiger partial charge in [0.15, 0.2) is 0 Å². The second kappa shape index (κ2) is 10.4. The third kappa shape index (κ3) is 7.25. The Bertz CT molecular complexity index is 1110. The van der Waals surface area contributed by atoms with Crippen molar-refractivity contribution in [3.63, 3.8) is 0 Å². The van der Waals surface area contributed by atoms with Gasteiger partial charge in [-0.05, 0) is 69.7 Å². The molecule has 1 atom stereocenters. The van der Waals surface area contributed by atoms with Crippen LogP contribution in [-0.4, -0.2) is 16.6 Å². The van der Waals surface area contributed by atoms with Gasteiger partial charge in [0.1, 0.15) is 17.5 Å². The summed E-state index contributed by atoms with van der Waals surface area (Å²) in [5.41, 5.74) is 0.933. The number of ether oxygens (including phenoxy) is 2. The first-order valence-electron chi connectivity index (χ1n) is 10.4. The first kappa shape index (κ1) is 24.1. The van der Waals surface area contributed by atoms with Gasteiger partial charge < -0.3 is 9.47 Å². The lowest BCUT2D eigenvalue weighted by Crippen LogP contribution is -2.27. The molecule has 7 nitrogen and oxygen atoms in total. The number of hydrogen-bond donors (Lipinski definition) is 1. The van der Waals surface area contributed by atoms with Crippen LogP contribution in [0.4, 0.5) is 16.2 Å². The van der Waals surface area contributed by atoms with E-state index in [9.17, 15) is 14.9 Å². The highest BCUT2D eigenvalue weighted by Crippen LogP contribution is 2.38. The Morgan fingerprint density at radius 1 is 1.03 bits per heavy atom.